The van der Waals surface area contributed by atoms with Crippen molar-refractivity contribution in [3.63, 3.8) is 0 Å². The van der Waals surface area contributed by atoms with Crippen LogP contribution in [-0.2, 0) is 23.9 Å². The Labute approximate surface area is 82.4 Å². The highest BCUT2D eigenvalue weighted by Crippen LogP contribution is 2.11. The van der Waals surface area contributed by atoms with Gasteiger partial charge in [0.15, 0.2) is 0 Å². The molecule has 5 heteroatoms. The third kappa shape index (κ3) is 4.59. The lowest BCUT2D eigenvalue weighted by atomic mass is 9.97. The second-order valence-corrected chi connectivity index (χ2v) is 2.87. The van der Waals surface area contributed by atoms with Gasteiger partial charge < -0.3 is 9.47 Å². The number of hydrogen-bond acceptors (Lipinski definition) is 5. The third-order valence-corrected chi connectivity index (χ3v) is 1.86. The molecule has 5 nitrogen and oxygen atoms in total. The first-order valence-corrected chi connectivity index (χ1v) is 4.15. The van der Waals surface area contributed by atoms with Gasteiger partial charge >= 0.3 is 11.9 Å². The van der Waals surface area contributed by atoms with E-state index < -0.39 is 17.9 Å². The lowest BCUT2D eigenvalue weighted by molar-refractivity contribution is -0.147. The third-order valence-electron chi connectivity index (χ3n) is 1.86. The Hall–Kier alpha value is -1.39. The molecule has 0 fully saturated rings. The largest absolute Gasteiger partial charge is 0.469 e. The van der Waals surface area contributed by atoms with Gasteiger partial charge in [-0.2, -0.15) is 0 Å². The molecule has 0 unspecified atom stereocenters. The first kappa shape index (κ1) is 12.6. The standard InChI is InChI=1S/C9H14O5/c1-6(10)7(4-8(11)13-2)5-9(12)14-3/h7H,4-5H2,1-3H3. The molecule has 0 aromatic heterocycles. The van der Waals surface area contributed by atoms with E-state index in [1.54, 1.807) is 0 Å². The zero-order valence-electron chi connectivity index (χ0n) is 8.53. The monoisotopic (exact) mass is 202 g/mol. The fourth-order valence-electron chi connectivity index (χ4n) is 0.929. The van der Waals surface area contributed by atoms with Crippen LogP contribution in [0.2, 0.25) is 0 Å². The fourth-order valence-corrected chi connectivity index (χ4v) is 0.929. The number of rotatable bonds is 5. The highest BCUT2D eigenvalue weighted by molar-refractivity contribution is 5.87. The number of carbonyl (C=O) groups is 3. The smallest absolute Gasteiger partial charge is 0.306 e. The molecule has 0 heterocycles. The van der Waals surface area contributed by atoms with Gasteiger partial charge in [0.05, 0.1) is 27.1 Å². The summed E-state index contributed by atoms with van der Waals surface area (Å²) < 4.78 is 8.81. The number of ether oxygens (including phenoxy) is 2. The second kappa shape index (κ2) is 6.12. The molecular formula is C9H14O5. The molecule has 0 spiro atoms. The van der Waals surface area contributed by atoms with Crippen LogP contribution < -0.4 is 0 Å². The van der Waals surface area contributed by atoms with Crippen molar-refractivity contribution in [3.05, 3.63) is 0 Å². The summed E-state index contributed by atoms with van der Waals surface area (Å²) in [6.45, 7) is 1.33. The van der Waals surface area contributed by atoms with Crippen LogP contribution >= 0.6 is 0 Å². The van der Waals surface area contributed by atoms with Gasteiger partial charge in [-0.25, -0.2) is 0 Å². The Bertz CT molecular complexity index is 215. The summed E-state index contributed by atoms with van der Waals surface area (Å²) >= 11 is 0. The maximum absolute atomic E-state index is 11.0. The zero-order valence-corrected chi connectivity index (χ0v) is 8.53. The highest BCUT2D eigenvalue weighted by atomic mass is 16.5. The number of Topliss-reactive ketones (excluding diaryl/α,β-unsaturated/α-hetero) is 1. The molecule has 14 heavy (non-hydrogen) atoms. The van der Waals surface area contributed by atoms with Gasteiger partial charge in [-0.15, -0.1) is 0 Å². The Kier molecular flexibility index (Phi) is 5.52. The van der Waals surface area contributed by atoms with Gasteiger partial charge in [-0.05, 0) is 6.92 Å². The minimum atomic E-state index is -0.644. The topological polar surface area (TPSA) is 69.7 Å². The predicted octanol–water partition coefficient (Wildman–Crippen LogP) is 0.318. The number of esters is 2. The Morgan fingerprint density at radius 1 is 1.00 bits per heavy atom. The molecule has 0 N–H and O–H groups in total. The predicted molar refractivity (Wildman–Crippen MR) is 47.4 cm³/mol. The van der Waals surface area contributed by atoms with Crippen LogP contribution in [0.15, 0.2) is 0 Å². The van der Waals surface area contributed by atoms with Crippen molar-refractivity contribution >= 4 is 17.7 Å². The average molecular weight is 202 g/mol. The highest BCUT2D eigenvalue weighted by Gasteiger charge is 2.22. The maximum atomic E-state index is 11.0. The van der Waals surface area contributed by atoms with Crippen LogP contribution in [0.25, 0.3) is 0 Å². The first-order valence-electron chi connectivity index (χ1n) is 4.15. The minimum absolute atomic E-state index is 0.0824. The summed E-state index contributed by atoms with van der Waals surface area (Å²) in [5.41, 5.74) is 0. The van der Waals surface area contributed by atoms with Crippen LogP contribution in [0, 0.1) is 5.92 Å². The Balaban J connectivity index is 4.23. The van der Waals surface area contributed by atoms with E-state index in [0.29, 0.717) is 0 Å². The van der Waals surface area contributed by atoms with Gasteiger partial charge in [0.2, 0.25) is 0 Å². The molecular weight excluding hydrogens is 188 g/mol. The Morgan fingerprint density at radius 2 is 1.36 bits per heavy atom. The molecule has 0 aliphatic carbocycles. The van der Waals surface area contributed by atoms with E-state index >= 15 is 0 Å². The lowest BCUT2D eigenvalue weighted by Crippen LogP contribution is -2.20. The van der Waals surface area contributed by atoms with Crippen LogP contribution in [0.4, 0.5) is 0 Å². The number of ketones is 1. The van der Waals surface area contributed by atoms with Crippen LogP contribution in [-0.4, -0.2) is 31.9 Å². The minimum Gasteiger partial charge on any atom is -0.469 e. The second-order valence-electron chi connectivity index (χ2n) is 2.87. The van der Waals surface area contributed by atoms with E-state index in [-0.39, 0.29) is 18.6 Å². The quantitative estimate of drug-likeness (QED) is 0.600. The number of hydrogen-bond donors (Lipinski definition) is 0. The molecule has 0 aliphatic heterocycles. The molecule has 0 rings (SSSR count). The lowest BCUT2D eigenvalue weighted by Gasteiger charge is -2.10. The van der Waals surface area contributed by atoms with Crippen molar-refractivity contribution < 1.29 is 23.9 Å². The van der Waals surface area contributed by atoms with E-state index in [1.807, 2.05) is 0 Å². The molecule has 0 saturated carbocycles. The summed E-state index contributed by atoms with van der Waals surface area (Å²) in [5.74, 6) is -1.88. The van der Waals surface area contributed by atoms with Gasteiger partial charge in [0.25, 0.3) is 0 Å². The van der Waals surface area contributed by atoms with Crippen LogP contribution in [0.1, 0.15) is 19.8 Å². The average Bonchev–Trinajstić information content (AvgIpc) is 2.16. The molecule has 0 bridgehead atoms. The van der Waals surface area contributed by atoms with Gasteiger partial charge in [0, 0.05) is 5.92 Å². The van der Waals surface area contributed by atoms with Crippen LogP contribution in [0.3, 0.4) is 0 Å². The molecule has 80 valence electrons. The summed E-state index contributed by atoms with van der Waals surface area (Å²) in [4.78, 5) is 32.8. The molecule has 0 saturated heterocycles. The van der Waals surface area contributed by atoms with E-state index in [9.17, 15) is 14.4 Å². The first-order chi connectivity index (χ1) is 6.51. The molecule has 0 aromatic rings. The normalized spacial score (nSPS) is 9.71. The Morgan fingerprint density at radius 3 is 1.57 bits per heavy atom. The molecule has 0 amide bonds. The summed E-state index contributed by atoms with van der Waals surface area (Å²) in [6, 6.07) is 0. The van der Waals surface area contributed by atoms with Gasteiger partial charge in [-0.1, -0.05) is 0 Å². The van der Waals surface area contributed by atoms with E-state index in [1.165, 1.54) is 21.1 Å². The van der Waals surface area contributed by atoms with E-state index in [0.717, 1.165) is 0 Å². The van der Waals surface area contributed by atoms with Crippen molar-refractivity contribution in [2.45, 2.75) is 19.8 Å². The number of methoxy groups -OCH3 is 2. The SMILES string of the molecule is COC(=O)CC(CC(=O)OC)C(C)=O. The van der Waals surface area contributed by atoms with Crippen molar-refractivity contribution in [1.82, 2.24) is 0 Å². The number of carbonyl (C=O) groups excluding carboxylic acids is 3. The van der Waals surface area contributed by atoms with E-state index in [4.69, 9.17) is 0 Å². The summed E-state index contributed by atoms with van der Waals surface area (Å²) in [5, 5.41) is 0. The van der Waals surface area contributed by atoms with Crippen molar-refractivity contribution in [2.75, 3.05) is 14.2 Å². The van der Waals surface area contributed by atoms with Crippen molar-refractivity contribution in [3.8, 4) is 0 Å². The summed E-state index contributed by atoms with van der Waals surface area (Å²) in [6.07, 6.45) is -0.165. The fraction of sp³-hybridized carbons (Fsp3) is 0.667. The summed E-state index contributed by atoms with van der Waals surface area (Å²) in [7, 11) is 2.47. The van der Waals surface area contributed by atoms with E-state index in [2.05, 4.69) is 9.47 Å². The van der Waals surface area contributed by atoms with Crippen LogP contribution in [0.5, 0.6) is 0 Å². The molecule has 0 radical (unpaired) electrons. The molecule has 0 atom stereocenters. The van der Waals surface area contributed by atoms with Gasteiger partial charge in [-0.3, -0.25) is 14.4 Å². The zero-order chi connectivity index (χ0) is 11.1. The molecule has 0 aromatic carbocycles. The maximum Gasteiger partial charge on any atom is 0.306 e. The van der Waals surface area contributed by atoms with Crippen molar-refractivity contribution in [2.24, 2.45) is 5.92 Å². The van der Waals surface area contributed by atoms with Crippen molar-refractivity contribution in [1.29, 1.82) is 0 Å². The van der Waals surface area contributed by atoms with Gasteiger partial charge in [0.1, 0.15) is 5.78 Å². The molecule has 0 aliphatic rings.